The highest BCUT2D eigenvalue weighted by Gasteiger charge is 2.20. The zero-order valence-corrected chi connectivity index (χ0v) is 18.2. The Labute approximate surface area is 187 Å². The van der Waals surface area contributed by atoms with Crippen molar-refractivity contribution in [1.82, 2.24) is 0 Å². The van der Waals surface area contributed by atoms with Crippen molar-refractivity contribution in [1.29, 1.82) is 0 Å². The predicted octanol–water partition coefficient (Wildman–Crippen LogP) is 6.99. The number of hydrogen-bond donors (Lipinski definition) is 3. The van der Waals surface area contributed by atoms with E-state index in [1.54, 1.807) is 35.2 Å². The Kier molecular flexibility index (Phi) is 5.65. The van der Waals surface area contributed by atoms with Crippen LogP contribution in [0, 0.1) is 20.8 Å². The van der Waals surface area contributed by atoms with Crippen LogP contribution in [-0.2, 0) is 0 Å². The van der Waals surface area contributed by atoms with Gasteiger partial charge in [-0.25, -0.2) is 0 Å². The molecule has 0 atom stereocenters. The molecule has 0 heterocycles. The van der Waals surface area contributed by atoms with E-state index in [-0.39, 0.29) is 17.2 Å². The molecule has 4 aromatic carbocycles. The van der Waals surface area contributed by atoms with Crippen LogP contribution < -0.4 is 9.64 Å². The molecule has 0 spiro atoms. The molecule has 3 N–H and O–H groups in total. The van der Waals surface area contributed by atoms with Crippen LogP contribution in [-0.4, -0.2) is 15.3 Å². The Balaban J connectivity index is 1.85. The summed E-state index contributed by atoms with van der Waals surface area (Å²) in [4.78, 5) is 1.80. The number of aromatic hydroxyl groups is 3. The van der Waals surface area contributed by atoms with E-state index in [0.717, 1.165) is 16.7 Å². The summed E-state index contributed by atoms with van der Waals surface area (Å²) in [6, 6.07) is 23.0. The zero-order chi connectivity index (χ0) is 22.8. The van der Waals surface area contributed by atoms with E-state index in [9.17, 15) is 15.3 Å². The van der Waals surface area contributed by atoms with Gasteiger partial charge in [0.05, 0.1) is 17.1 Å². The predicted molar refractivity (Wildman–Crippen MR) is 127 cm³/mol. The van der Waals surface area contributed by atoms with Gasteiger partial charge < -0.3 is 25.0 Å². The van der Waals surface area contributed by atoms with E-state index in [2.05, 4.69) is 0 Å². The number of ether oxygens (including phenoxy) is 1. The van der Waals surface area contributed by atoms with E-state index < -0.39 is 0 Å². The number of anilines is 3. The third-order valence-electron chi connectivity index (χ3n) is 5.22. The lowest BCUT2D eigenvalue weighted by Gasteiger charge is -2.27. The van der Waals surface area contributed by atoms with Crippen molar-refractivity contribution in [3.05, 3.63) is 95.6 Å². The van der Waals surface area contributed by atoms with Crippen molar-refractivity contribution in [3.8, 4) is 28.7 Å². The molecule has 0 aliphatic rings. The Hall–Kier alpha value is -4.12. The van der Waals surface area contributed by atoms with Crippen molar-refractivity contribution in [2.24, 2.45) is 0 Å². The average molecular weight is 428 g/mol. The Bertz CT molecular complexity index is 1230. The van der Waals surface area contributed by atoms with Crippen LogP contribution in [0.5, 0.6) is 28.7 Å². The number of nitrogens with zero attached hydrogens (tertiary/aromatic N) is 1. The molecule has 0 bridgehead atoms. The standard InChI is InChI=1S/C27H25NO4/c1-17-7-11-25(30)23(13-17)28(24-14-18(2)8-12-26(24)31)20-5-4-6-22(15-20)32-27-16-21(29)10-9-19(27)3/h4-16,29-31H,1-3H3. The molecule has 0 saturated carbocycles. The van der Waals surface area contributed by atoms with E-state index in [0.29, 0.717) is 28.6 Å². The van der Waals surface area contributed by atoms with Gasteiger partial charge in [0, 0.05) is 12.1 Å². The third kappa shape index (κ3) is 4.32. The molecular formula is C27H25NO4. The summed E-state index contributed by atoms with van der Waals surface area (Å²) in [5, 5.41) is 31.2. The maximum atomic E-state index is 10.7. The lowest BCUT2D eigenvalue weighted by atomic mass is 10.1. The van der Waals surface area contributed by atoms with Crippen molar-refractivity contribution in [2.45, 2.75) is 20.8 Å². The molecule has 0 saturated heterocycles. The molecule has 32 heavy (non-hydrogen) atoms. The van der Waals surface area contributed by atoms with Crippen molar-refractivity contribution in [3.63, 3.8) is 0 Å². The normalized spacial score (nSPS) is 10.7. The van der Waals surface area contributed by atoms with E-state index in [1.807, 2.05) is 69.3 Å². The van der Waals surface area contributed by atoms with Crippen molar-refractivity contribution < 1.29 is 20.1 Å². The smallest absolute Gasteiger partial charge is 0.139 e. The third-order valence-corrected chi connectivity index (χ3v) is 5.22. The average Bonchev–Trinajstić information content (AvgIpc) is 2.76. The van der Waals surface area contributed by atoms with Gasteiger partial charge >= 0.3 is 0 Å². The molecule has 5 nitrogen and oxygen atoms in total. The van der Waals surface area contributed by atoms with E-state index >= 15 is 0 Å². The molecule has 0 fully saturated rings. The van der Waals surface area contributed by atoms with Gasteiger partial charge in [-0.1, -0.05) is 24.3 Å². The molecule has 4 rings (SSSR count). The fourth-order valence-corrected chi connectivity index (χ4v) is 3.54. The van der Waals surface area contributed by atoms with Gasteiger partial charge in [-0.05, 0) is 79.9 Å². The van der Waals surface area contributed by atoms with Crippen LogP contribution in [0.25, 0.3) is 0 Å². The lowest BCUT2D eigenvalue weighted by Crippen LogP contribution is -2.11. The molecular weight excluding hydrogens is 402 g/mol. The molecule has 4 aromatic rings. The number of benzene rings is 4. The first-order valence-electron chi connectivity index (χ1n) is 10.3. The Morgan fingerprint density at radius 1 is 0.656 bits per heavy atom. The SMILES string of the molecule is Cc1ccc(O)c(N(c2cccc(Oc3cc(O)ccc3C)c2)c2cc(C)ccc2O)c1. The number of aryl methyl sites for hydroxylation is 3. The first-order chi connectivity index (χ1) is 15.3. The summed E-state index contributed by atoms with van der Waals surface area (Å²) in [5.74, 6) is 1.40. The summed E-state index contributed by atoms with van der Waals surface area (Å²) >= 11 is 0. The molecule has 0 amide bonds. The largest absolute Gasteiger partial charge is 0.508 e. The second kappa shape index (κ2) is 8.55. The number of phenols is 3. The zero-order valence-electron chi connectivity index (χ0n) is 18.2. The fourth-order valence-electron chi connectivity index (χ4n) is 3.54. The van der Waals surface area contributed by atoms with Gasteiger partial charge in [-0.3, -0.25) is 0 Å². The molecule has 5 heteroatoms. The Morgan fingerprint density at radius 2 is 1.28 bits per heavy atom. The van der Waals surface area contributed by atoms with E-state index in [4.69, 9.17) is 4.74 Å². The highest BCUT2D eigenvalue weighted by molar-refractivity contribution is 5.83. The summed E-state index contributed by atoms with van der Waals surface area (Å²) in [7, 11) is 0. The fraction of sp³-hybridized carbons (Fsp3) is 0.111. The lowest BCUT2D eigenvalue weighted by molar-refractivity contribution is 0.453. The van der Waals surface area contributed by atoms with Gasteiger partial charge in [0.1, 0.15) is 28.7 Å². The van der Waals surface area contributed by atoms with Crippen LogP contribution in [0.1, 0.15) is 16.7 Å². The Morgan fingerprint density at radius 3 is 1.91 bits per heavy atom. The molecule has 0 aromatic heterocycles. The second-order valence-corrected chi connectivity index (χ2v) is 7.87. The van der Waals surface area contributed by atoms with Crippen LogP contribution in [0.4, 0.5) is 17.1 Å². The van der Waals surface area contributed by atoms with Gasteiger partial charge in [0.15, 0.2) is 0 Å². The summed E-state index contributed by atoms with van der Waals surface area (Å²) in [5.41, 5.74) is 4.60. The van der Waals surface area contributed by atoms with Crippen LogP contribution in [0.15, 0.2) is 78.9 Å². The minimum Gasteiger partial charge on any atom is -0.508 e. The van der Waals surface area contributed by atoms with Crippen LogP contribution >= 0.6 is 0 Å². The van der Waals surface area contributed by atoms with Gasteiger partial charge in [-0.2, -0.15) is 0 Å². The molecule has 0 aliphatic carbocycles. The van der Waals surface area contributed by atoms with Gasteiger partial charge in [0.2, 0.25) is 0 Å². The molecule has 162 valence electrons. The number of phenolic OH excluding ortho intramolecular Hbond substituents is 3. The molecule has 0 unspecified atom stereocenters. The highest BCUT2D eigenvalue weighted by Crippen LogP contribution is 2.45. The molecule has 0 aliphatic heterocycles. The summed E-state index contributed by atoms with van der Waals surface area (Å²) in [6.45, 7) is 5.79. The van der Waals surface area contributed by atoms with Crippen LogP contribution in [0.3, 0.4) is 0 Å². The van der Waals surface area contributed by atoms with Crippen molar-refractivity contribution in [2.75, 3.05) is 4.90 Å². The quantitative estimate of drug-likeness (QED) is 0.320. The monoisotopic (exact) mass is 427 g/mol. The topological polar surface area (TPSA) is 73.2 Å². The van der Waals surface area contributed by atoms with Crippen molar-refractivity contribution >= 4 is 17.1 Å². The second-order valence-electron chi connectivity index (χ2n) is 7.87. The van der Waals surface area contributed by atoms with E-state index in [1.165, 1.54) is 0 Å². The number of rotatable bonds is 5. The number of hydrogen-bond acceptors (Lipinski definition) is 5. The summed E-state index contributed by atoms with van der Waals surface area (Å²) < 4.78 is 6.05. The highest BCUT2D eigenvalue weighted by atomic mass is 16.5. The first-order valence-corrected chi connectivity index (χ1v) is 10.3. The van der Waals surface area contributed by atoms with Gasteiger partial charge in [0.25, 0.3) is 0 Å². The molecule has 0 radical (unpaired) electrons. The van der Waals surface area contributed by atoms with Crippen LogP contribution in [0.2, 0.25) is 0 Å². The summed E-state index contributed by atoms with van der Waals surface area (Å²) in [6.07, 6.45) is 0. The van der Waals surface area contributed by atoms with Gasteiger partial charge in [-0.15, -0.1) is 0 Å². The minimum atomic E-state index is 0.0895. The maximum Gasteiger partial charge on any atom is 0.139 e. The maximum absolute atomic E-state index is 10.7. The first kappa shape index (κ1) is 21.1. The minimum absolute atomic E-state index is 0.0895.